The zero-order valence-corrected chi connectivity index (χ0v) is 15.6. The molecule has 3 N–H and O–H groups in total. The van der Waals surface area contributed by atoms with Gasteiger partial charge in [-0.2, -0.15) is 0 Å². The normalized spacial score (nSPS) is 11.1. The molecule has 3 aromatic heterocycles. The van der Waals surface area contributed by atoms with Gasteiger partial charge in [-0.15, -0.1) is 0 Å². The molecule has 0 spiro atoms. The molecule has 30 heavy (non-hydrogen) atoms. The van der Waals surface area contributed by atoms with E-state index in [0.717, 1.165) is 28.2 Å². The summed E-state index contributed by atoms with van der Waals surface area (Å²) in [6.45, 7) is 0. The fourth-order valence-corrected chi connectivity index (χ4v) is 3.53. The number of halogens is 1. The number of pyridine rings is 1. The highest BCUT2D eigenvalue weighted by Crippen LogP contribution is 2.36. The van der Waals surface area contributed by atoms with E-state index in [2.05, 4.69) is 15.0 Å². The van der Waals surface area contributed by atoms with E-state index in [-0.39, 0.29) is 0 Å². The number of carbonyl (C=O) groups is 1. The average molecular weight is 398 g/mol. The van der Waals surface area contributed by atoms with E-state index < -0.39 is 17.3 Å². The third kappa shape index (κ3) is 2.93. The lowest BCUT2D eigenvalue weighted by Gasteiger charge is -2.06. The summed E-state index contributed by atoms with van der Waals surface area (Å²) in [5.41, 5.74) is 3.79. The molecular formula is C23H15FN4O2. The molecule has 0 atom stereocenters. The number of H-pyrrole nitrogens is 2. The van der Waals surface area contributed by atoms with Crippen LogP contribution in [0.1, 0.15) is 10.4 Å². The summed E-state index contributed by atoms with van der Waals surface area (Å²) in [7, 11) is 0. The second-order valence-corrected chi connectivity index (χ2v) is 6.77. The Balaban J connectivity index is 1.78. The van der Waals surface area contributed by atoms with Gasteiger partial charge in [0.2, 0.25) is 0 Å². The van der Waals surface area contributed by atoms with Gasteiger partial charge in [0.25, 0.3) is 0 Å². The van der Waals surface area contributed by atoms with Gasteiger partial charge in [0.15, 0.2) is 0 Å². The van der Waals surface area contributed by atoms with Crippen LogP contribution in [0.3, 0.4) is 0 Å². The van der Waals surface area contributed by atoms with Gasteiger partial charge in [-0.05, 0) is 30.3 Å². The second-order valence-electron chi connectivity index (χ2n) is 6.77. The number of imidazole rings is 1. The van der Waals surface area contributed by atoms with Crippen LogP contribution in [0.25, 0.3) is 44.9 Å². The maximum atomic E-state index is 14.0. The molecular weight excluding hydrogens is 383 g/mol. The molecule has 0 saturated heterocycles. The molecule has 0 aliphatic carbocycles. The van der Waals surface area contributed by atoms with Crippen molar-refractivity contribution in [3.63, 3.8) is 0 Å². The van der Waals surface area contributed by atoms with Gasteiger partial charge < -0.3 is 15.1 Å². The zero-order valence-electron chi connectivity index (χ0n) is 15.6. The number of aromatic nitrogens is 4. The molecule has 5 rings (SSSR count). The predicted octanol–water partition coefficient (Wildman–Crippen LogP) is 5.12. The van der Waals surface area contributed by atoms with Gasteiger partial charge in [0.1, 0.15) is 17.3 Å². The maximum absolute atomic E-state index is 14.0. The molecule has 0 bridgehead atoms. The van der Waals surface area contributed by atoms with Gasteiger partial charge in [0, 0.05) is 34.5 Å². The number of carboxylic acids is 1. The SMILES string of the molecule is O=C(O)c1cc(-c2nc(-c3ccccc3)[nH]c2-c2ccnc3[nH]ccc23)ccc1F. The molecule has 6 nitrogen and oxygen atoms in total. The number of hydrogen-bond donors (Lipinski definition) is 3. The monoisotopic (exact) mass is 398 g/mol. The number of hydrogen-bond acceptors (Lipinski definition) is 3. The number of nitrogens with zero attached hydrogens (tertiary/aromatic N) is 2. The number of aromatic carboxylic acids is 1. The Morgan fingerprint density at radius 3 is 2.63 bits per heavy atom. The summed E-state index contributed by atoms with van der Waals surface area (Å²) in [5.74, 6) is -1.49. The summed E-state index contributed by atoms with van der Waals surface area (Å²) in [5, 5.41) is 10.2. The summed E-state index contributed by atoms with van der Waals surface area (Å²) in [4.78, 5) is 27.0. The van der Waals surface area contributed by atoms with E-state index in [4.69, 9.17) is 4.98 Å². The van der Waals surface area contributed by atoms with Gasteiger partial charge in [0.05, 0.1) is 17.0 Å². The number of carboxylic acid groups (broad SMARTS) is 1. The van der Waals surface area contributed by atoms with E-state index in [1.165, 1.54) is 12.1 Å². The van der Waals surface area contributed by atoms with Gasteiger partial charge in [-0.3, -0.25) is 0 Å². The van der Waals surface area contributed by atoms with Crippen LogP contribution in [0.4, 0.5) is 4.39 Å². The molecule has 3 heterocycles. The van der Waals surface area contributed by atoms with E-state index in [9.17, 15) is 14.3 Å². The number of rotatable bonds is 4. The Morgan fingerprint density at radius 2 is 1.83 bits per heavy atom. The average Bonchev–Trinajstić information content (AvgIpc) is 3.42. The van der Waals surface area contributed by atoms with Gasteiger partial charge in [-0.1, -0.05) is 30.3 Å². The molecule has 7 heteroatoms. The molecule has 0 saturated carbocycles. The molecule has 0 unspecified atom stereocenters. The highest BCUT2D eigenvalue weighted by Gasteiger charge is 2.20. The largest absolute Gasteiger partial charge is 0.478 e. The number of fused-ring (bicyclic) bond motifs is 1. The lowest BCUT2D eigenvalue weighted by Crippen LogP contribution is -2.00. The van der Waals surface area contributed by atoms with Gasteiger partial charge >= 0.3 is 5.97 Å². The maximum Gasteiger partial charge on any atom is 0.338 e. The van der Waals surface area contributed by atoms with E-state index in [0.29, 0.717) is 22.8 Å². The van der Waals surface area contributed by atoms with Crippen LogP contribution < -0.4 is 0 Å². The van der Waals surface area contributed by atoms with Crippen LogP contribution in [-0.4, -0.2) is 31.0 Å². The van der Waals surface area contributed by atoms with Crippen LogP contribution >= 0.6 is 0 Å². The van der Waals surface area contributed by atoms with E-state index in [1.54, 1.807) is 12.4 Å². The van der Waals surface area contributed by atoms with Crippen molar-refractivity contribution >= 4 is 17.0 Å². The third-order valence-corrected chi connectivity index (χ3v) is 4.95. The lowest BCUT2D eigenvalue weighted by molar-refractivity contribution is 0.0692. The van der Waals surface area contributed by atoms with Gasteiger partial charge in [-0.25, -0.2) is 19.2 Å². The van der Waals surface area contributed by atoms with Crippen molar-refractivity contribution < 1.29 is 14.3 Å². The quantitative estimate of drug-likeness (QED) is 0.391. The molecule has 0 aliphatic rings. The first-order chi connectivity index (χ1) is 14.6. The lowest BCUT2D eigenvalue weighted by atomic mass is 10.0. The predicted molar refractivity (Wildman–Crippen MR) is 111 cm³/mol. The first-order valence-electron chi connectivity index (χ1n) is 9.23. The van der Waals surface area contributed by atoms with Crippen LogP contribution in [0.2, 0.25) is 0 Å². The minimum atomic E-state index is -1.33. The molecule has 0 radical (unpaired) electrons. The zero-order chi connectivity index (χ0) is 20.7. The topological polar surface area (TPSA) is 94.7 Å². The second kappa shape index (κ2) is 6.97. The molecule has 0 amide bonds. The summed E-state index contributed by atoms with van der Waals surface area (Å²) >= 11 is 0. The van der Waals surface area contributed by atoms with Crippen molar-refractivity contribution in [3.8, 4) is 33.9 Å². The summed E-state index contributed by atoms with van der Waals surface area (Å²) in [6.07, 6.45) is 3.49. The number of nitrogens with one attached hydrogen (secondary N) is 2. The Kier molecular flexibility index (Phi) is 4.14. The first kappa shape index (κ1) is 17.8. The minimum Gasteiger partial charge on any atom is -0.478 e. The highest BCUT2D eigenvalue weighted by atomic mass is 19.1. The Morgan fingerprint density at radius 1 is 1.00 bits per heavy atom. The minimum absolute atomic E-state index is 0.399. The van der Waals surface area contributed by atoms with Crippen molar-refractivity contribution in [1.29, 1.82) is 0 Å². The van der Waals surface area contributed by atoms with Crippen molar-refractivity contribution in [2.45, 2.75) is 0 Å². The first-order valence-corrected chi connectivity index (χ1v) is 9.23. The van der Waals surface area contributed by atoms with Crippen molar-refractivity contribution in [3.05, 3.63) is 84.4 Å². The Labute approximate surface area is 170 Å². The summed E-state index contributed by atoms with van der Waals surface area (Å²) < 4.78 is 14.0. The van der Waals surface area contributed by atoms with Crippen molar-refractivity contribution in [2.24, 2.45) is 0 Å². The molecule has 0 fully saturated rings. The van der Waals surface area contributed by atoms with Crippen molar-refractivity contribution in [2.75, 3.05) is 0 Å². The molecule has 2 aromatic carbocycles. The van der Waals surface area contributed by atoms with Crippen molar-refractivity contribution in [1.82, 2.24) is 19.9 Å². The standard InChI is InChI=1S/C23H15FN4O2/c24-18-7-6-14(12-17(18)23(29)30)19-20(15-8-10-25-22-16(15)9-11-26-22)28-21(27-19)13-4-2-1-3-5-13/h1-12H,(H,25,26)(H,27,28)(H,29,30). The highest BCUT2D eigenvalue weighted by molar-refractivity contribution is 5.97. The summed E-state index contributed by atoms with van der Waals surface area (Å²) in [6, 6.07) is 17.4. The fraction of sp³-hybridized carbons (Fsp3) is 0. The number of benzene rings is 2. The smallest absolute Gasteiger partial charge is 0.338 e. The van der Waals surface area contributed by atoms with Crippen LogP contribution in [0.15, 0.2) is 73.1 Å². The molecule has 5 aromatic rings. The fourth-order valence-electron chi connectivity index (χ4n) is 3.53. The molecule has 0 aliphatic heterocycles. The Hall–Kier alpha value is -4.26. The van der Waals surface area contributed by atoms with Crippen LogP contribution in [-0.2, 0) is 0 Å². The van der Waals surface area contributed by atoms with Crippen LogP contribution in [0, 0.1) is 5.82 Å². The number of aromatic amines is 2. The molecule has 146 valence electrons. The van der Waals surface area contributed by atoms with E-state index >= 15 is 0 Å². The van der Waals surface area contributed by atoms with E-state index in [1.807, 2.05) is 42.5 Å². The Bertz CT molecular complexity index is 1390. The van der Waals surface area contributed by atoms with Crippen LogP contribution in [0.5, 0.6) is 0 Å². The third-order valence-electron chi connectivity index (χ3n) is 4.95.